The van der Waals surface area contributed by atoms with Crippen LogP contribution in [0.2, 0.25) is 0 Å². The molecule has 1 aromatic heterocycles. The average molecular weight is 808 g/mol. The average Bonchev–Trinajstić information content (AvgIpc) is 3.71. The van der Waals surface area contributed by atoms with Gasteiger partial charge in [-0.05, 0) is 104 Å². The Bertz CT molecular complexity index is 2460. The van der Waals surface area contributed by atoms with Crippen molar-refractivity contribution in [3.8, 4) is 45.1 Å². The maximum absolute atomic E-state index is 14.1. The monoisotopic (exact) mass is 807 g/mol. The zero-order chi connectivity index (χ0) is 39.6. The van der Waals surface area contributed by atoms with Crippen LogP contribution in [0.4, 0.5) is 8.78 Å². The van der Waals surface area contributed by atoms with E-state index < -0.39 is 40.4 Å². The number of hydrogen-bond donors (Lipinski definition) is 1. The molecule has 6 aromatic rings. The predicted octanol–water partition coefficient (Wildman–Crippen LogP) is 10.9. The van der Waals surface area contributed by atoms with E-state index in [9.17, 15) is 18.7 Å². The number of alkyl halides is 2. The molecule has 4 aliphatic carbocycles. The van der Waals surface area contributed by atoms with Gasteiger partial charge in [0.05, 0.1) is 13.7 Å². The highest BCUT2D eigenvalue weighted by Crippen LogP contribution is 2.67. The number of thiophene rings is 1. The zero-order valence-corrected chi connectivity index (χ0v) is 32.5. The molecule has 12 heteroatoms. The fraction of sp³-hybridized carbons (Fsp3) is 0.326. The fourth-order valence-corrected chi connectivity index (χ4v) is 12.3. The van der Waals surface area contributed by atoms with Gasteiger partial charge >= 0.3 is 5.97 Å². The van der Waals surface area contributed by atoms with E-state index in [1.807, 2.05) is 12.1 Å². The van der Waals surface area contributed by atoms with Crippen molar-refractivity contribution in [2.45, 2.75) is 49.4 Å². The summed E-state index contributed by atoms with van der Waals surface area (Å²) in [4.78, 5) is 14.1. The number of methoxy groups -OCH3 is 1. The minimum Gasteiger partial charge on any atom is -0.508 e. The van der Waals surface area contributed by atoms with E-state index in [0.29, 0.717) is 53.8 Å². The van der Waals surface area contributed by atoms with E-state index in [2.05, 4.69) is 48.5 Å². The third-order valence-corrected chi connectivity index (χ3v) is 14.4. The van der Waals surface area contributed by atoms with E-state index in [4.69, 9.17) is 33.2 Å². The molecule has 11 rings (SSSR count). The van der Waals surface area contributed by atoms with E-state index in [-0.39, 0.29) is 43.1 Å². The third kappa shape index (κ3) is 6.47. The molecule has 5 atom stereocenters. The first-order valence-corrected chi connectivity index (χ1v) is 20.7. The van der Waals surface area contributed by atoms with Crippen molar-refractivity contribution in [1.82, 2.24) is 0 Å². The van der Waals surface area contributed by atoms with Crippen molar-refractivity contribution in [2.75, 3.05) is 26.9 Å². The Morgan fingerprint density at radius 2 is 1.43 bits per heavy atom. The van der Waals surface area contributed by atoms with E-state index in [1.165, 1.54) is 20.2 Å². The van der Waals surface area contributed by atoms with Crippen molar-refractivity contribution in [3.63, 3.8) is 0 Å². The highest BCUT2D eigenvalue weighted by Gasteiger charge is 2.71. The van der Waals surface area contributed by atoms with Crippen LogP contribution in [0.3, 0.4) is 0 Å². The molecule has 1 spiro atoms. The van der Waals surface area contributed by atoms with Crippen LogP contribution >= 0.6 is 10.5 Å². The van der Waals surface area contributed by atoms with Gasteiger partial charge in [-0.3, -0.25) is 0 Å². The lowest BCUT2D eigenvalue weighted by Gasteiger charge is -2.47. The molecule has 5 fully saturated rings. The van der Waals surface area contributed by atoms with E-state index in [0.717, 1.165) is 11.3 Å². The molecule has 298 valence electrons. The summed E-state index contributed by atoms with van der Waals surface area (Å²) in [6.07, 6.45) is 2.20. The standard InChI is InChI=1S/C46H40F2O9S/c1-51-43-38(55-32-12-10-30(49)11-13-32)21-34(58-40-8-4-2-6-35(40)36-7-3-5-9-41(36)58)22-39(43)56-33-16-14-31(15-17-33)52-26-42(50)57-44-23-28-20-29(24-44)46(37(28)25-44)53-19-18-45(47,48)27-54-46/h2-17,21-22,28-29,37H,18-20,23-27H2,1H3/p+1. The maximum Gasteiger partial charge on any atom is 0.344 e. The molecule has 1 saturated heterocycles. The molecule has 58 heavy (non-hydrogen) atoms. The van der Waals surface area contributed by atoms with Crippen LogP contribution in [0.15, 0.2) is 109 Å². The van der Waals surface area contributed by atoms with Gasteiger partial charge in [-0.1, -0.05) is 24.3 Å². The first kappa shape index (κ1) is 36.9. The third-order valence-electron chi connectivity index (χ3n) is 12.1. The van der Waals surface area contributed by atoms with E-state index in [1.54, 1.807) is 55.6 Å². The first-order chi connectivity index (χ1) is 28.1. The quantitative estimate of drug-likeness (QED) is 0.107. The van der Waals surface area contributed by atoms with Gasteiger partial charge < -0.3 is 38.3 Å². The number of hydrogen-bond acceptors (Lipinski definition) is 9. The lowest BCUT2D eigenvalue weighted by Crippen LogP contribution is -2.53. The SMILES string of the molecule is COc1c(Oc2ccc(O)cc2)cc(-[s+]2c3ccccc3c3ccccc32)cc1Oc1ccc(OCC(=O)OC23CC4CC(C2)C2(OCCC(F)(F)CO2)C4C3)cc1. The number of esters is 1. The normalized spacial score (nSPS) is 25.5. The molecule has 5 unspecified atom stereocenters. The second-order valence-electron chi connectivity index (χ2n) is 15.7. The first-order valence-electron chi connectivity index (χ1n) is 19.5. The van der Waals surface area contributed by atoms with Crippen molar-refractivity contribution in [1.29, 1.82) is 0 Å². The summed E-state index contributed by atoms with van der Waals surface area (Å²) >= 11 is 0. The number of ether oxygens (including phenoxy) is 7. The van der Waals surface area contributed by atoms with Crippen LogP contribution in [-0.2, 0) is 19.0 Å². The van der Waals surface area contributed by atoms with Gasteiger partial charge in [-0.25, -0.2) is 13.6 Å². The van der Waals surface area contributed by atoms with Crippen LogP contribution in [0.25, 0.3) is 25.1 Å². The Balaban J connectivity index is 0.866. The summed E-state index contributed by atoms with van der Waals surface area (Å²) < 4.78 is 73.4. The summed E-state index contributed by atoms with van der Waals surface area (Å²) in [5.74, 6) is -1.51. The van der Waals surface area contributed by atoms with Crippen LogP contribution in [-0.4, -0.2) is 55.3 Å². The van der Waals surface area contributed by atoms with Crippen molar-refractivity contribution < 1.29 is 51.8 Å². The largest absolute Gasteiger partial charge is 0.508 e. The topological polar surface area (TPSA) is 102 Å². The molecular formula is C46H41F2O9S+. The van der Waals surface area contributed by atoms with Gasteiger partial charge in [-0.2, -0.15) is 0 Å². The van der Waals surface area contributed by atoms with Gasteiger partial charge in [0.2, 0.25) is 5.75 Å². The zero-order valence-electron chi connectivity index (χ0n) is 31.7. The summed E-state index contributed by atoms with van der Waals surface area (Å²) in [6.45, 7) is -0.970. The van der Waals surface area contributed by atoms with Crippen LogP contribution in [0, 0.1) is 17.8 Å². The van der Waals surface area contributed by atoms with Crippen molar-refractivity contribution in [2.24, 2.45) is 17.8 Å². The van der Waals surface area contributed by atoms with Crippen LogP contribution < -0.4 is 18.9 Å². The summed E-state index contributed by atoms with van der Waals surface area (Å²) in [5.41, 5.74) is -0.662. The van der Waals surface area contributed by atoms with Gasteiger partial charge in [0.25, 0.3) is 5.92 Å². The van der Waals surface area contributed by atoms with Crippen molar-refractivity contribution >= 4 is 36.6 Å². The smallest absolute Gasteiger partial charge is 0.344 e. The number of fused-ring (bicyclic) bond motifs is 3. The molecule has 2 heterocycles. The predicted molar refractivity (Wildman–Crippen MR) is 214 cm³/mol. The Kier molecular flexibility index (Phi) is 8.99. The molecule has 1 N–H and O–H groups in total. The lowest BCUT2D eigenvalue weighted by atomic mass is 9.75. The minimum absolute atomic E-state index is 0.0433. The number of aromatic hydroxyl groups is 1. The van der Waals surface area contributed by atoms with Gasteiger partial charge in [0.1, 0.15) is 35.2 Å². The molecule has 5 aromatic carbocycles. The van der Waals surface area contributed by atoms with Crippen LogP contribution in [0.5, 0.6) is 40.2 Å². The van der Waals surface area contributed by atoms with E-state index >= 15 is 0 Å². The summed E-state index contributed by atoms with van der Waals surface area (Å²) in [5, 5.41) is 12.3. The number of rotatable bonds is 10. The highest BCUT2D eigenvalue weighted by atomic mass is 32.2. The Morgan fingerprint density at radius 1 is 0.810 bits per heavy atom. The number of carbonyl (C=O) groups is 1. The summed E-state index contributed by atoms with van der Waals surface area (Å²) in [7, 11) is 1.09. The molecule has 5 aliphatic rings. The summed E-state index contributed by atoms with van der Waals surface area (Å²) in [6, 6.07) is 34.2. The fourth-order valence-electron chi connectivity index (χ4n) is 9.85. The Labute approximate surface area is 335 Å². The molecule has 9 nitrogen and oxygen atoms in total. The van der Waals surface area contributed by atoms with Crippen molar-refractivity contribution in [3.05, 3.63) is 109 Å². The second kappa shape index (κ2) is 14.1. The lowest BCUT2D eigenvalue weighted by molar-refractivity contribution is -0.297. The molecule has 1 aliphatic heterocycles. The minimum atomic E-state index is -2.91. The number of carbonyl (C=O) groups excluding carboxylic acids is 1. The molecule has 4 bridgehead atoms. The molecule has 4 saturated carbocycles. The Hall–Kier alpha value is -5.43. The number of halogens is 2. The maximum atomic E-state index is 14.1. The molecule has 0 amide bonds. The van der Waals surface area contributed by atoms with Gasteiger partial charge in [0, 0.05) is 51.6 Å². The number of phenolic OH excluding ortho intramolecular Hbond substituents is 1. The Morgan fingerprint density at radius 3 is 2.07 bits per heavy atom. The van der Waals surface area contributed by atoms with Gasteiger partial charge in [0.15, 0.2) is 38.2 Å². The number of phenols is 1. The van der Waals surface area contributed by atoms with Crippen LogP contribution in [0.1, 0.15) is 32.1 Å². The molecule has 0 radical (unpaired) electrons. The second-order valence-corrected chi connectivity index (χ2v) is 17.7. The highest BCUT2D eigenvalue weighted by molar-refractivity contribution is 7.50. The molecular weight excluding hydrogens is 767 g/mol. The number of benzene rings is 5. The van der Waals surface area contributed by atoms with Gasteiger partial charge in [-0.15, -0.1) is 0 Å².